The van der Waals surface area contributed by atoms with Gasteiger partial charge in [0.15, 0.2) is 0 Å². The molecule has 1 N–H and O–H groups in total. The lowest BCUT2D eigenvalue weighted by molar-refractivity contribution is -0.919. The molecule has 1 saturated heterocycles. The average molecular weight is 324 g/mol. The lowest BCUT2D eigenvalue weighted by atomic mass is 9.95. The number of piperidine rings is 1. The van der Waals surface area contributed by atoms with Gasteiger partial charge in [0, 0.05) is 50.3 Å². The number of hydrogen-bond acceptors (Lipinski definition) is 2. The Kier molecular flexibility index (Phi) is 5.59. The second-order valence-corrected chi connectivity index (χ2v) is 6.74. The zero-order valence-electron chi connectivity index (χ0n) is 14.3. The van der Waals surface area contributed by atoms with Gasteiger partial charge in [-0.05, 0) is 11.6 Å². The number of hydrogen-bond donors (Lipinski definition) is 1. The van der Waals surface area contributed by atoms with Crippen LogP contribution in [0, 0.1) is 5.92 Å². The number of nitrogens with zero attached hydrogens (tertiary/aromatic N) is 2. The summed E-state index contributed by atoms with van der Waals surface area (Å²) in [6.45, 7) is 3.83. The molecule has 0 bridgehead atoms. The Bertz CT molecular complexity index is 636. The van der Waals surface area contributed by atoms with Crippen LogP contribution in [-0.2, 0) is 17.9 Å². The van der Waals surface area contributed by atoms with E-state index in [1.807, 2.05) is 48.6 Å². The van der Waals surface area contributed by atoms with Crippen molar-refractivity contribution in [3.63, 3.8) is 0 Å². The van der Waals surface area contributed by atoms with Crippen molar-refractivity contribution in [1.29, 1.82) is 0 Å². The molecule has 0 spiro atoms. The van der Waals surface area contributed by atoms with Gasteiger partial charge in [0.1, 0.15) is 6.54 Å². The number of pyridine rings is 1. The fourth-order valence-electron chi connectivity index (χ4n) is 3.49. The molecule has 0 aliphatic carbocycles. The number of carbonyl (C=O) groups is 1. The van der Waals surface area contributed by atoms with Gasteiger partial charge in [-0.3, -0.25) is 9.78 Å². The normalized spacial score (nSPS) is 20.5. The molecule has 4 heteroatoms. The molecule has 1 fully saturated rings. The Balaban J connectivity index is 1.48. The molecule has 1 amide bonds. The van der Waals surface area contributed by atoms with E-state index in [9.17, 15) is 4.79 Å². The minimum Gasteiger partial charge on any atom is -0.341 e. The van der Waals surface area contributed by atoms with Crippen LogP contribution in [0.25, 0.3) is 0 Å². The van der Waals surface area contributed by atoms with Crippen molar-refractivity contribution >= 4 is 5.91 Å². The molecule has 0 unspecified atom stereocenters. The number of benzene rings is 1. The van der Waals surface area contributed by atoms with Crippen molar-refractivity contribution in [1.82, 2.24) is 9.88 Å². The van der Waals surface area contributed by atoms with Crippen molar-refractivity contribution in [2.24, 2.45) is 5.92 Å². The van der Waals surface area contributed by atoms with Crippen molar-refractivity contribution in [3.05, 3.63) is 66.0 Å². The summed E-state index contributed by atoms with van der Waals surface area (Å²) in [7, 11) is 1.92. The van der Waals surface area contributed by atoms with E-state index < -0.39 is 0 Å². The highest BCUT2D eigenvalue weighted by Gasteiger charge is 2.29. The summed E-state index contributed by atoms with van der Waals surface area (Å²) in [5.74, 6) is 0.468. The monoisotopic (exact) mass is 324 g/mol. The van der Waals surface area contributed by atoms with Gasteiger partial charge >= 0.3 is 0 Å². The SMILES string of the molecule is CN(Cc1ccccc1)C(=O)C1CC[NH+](Cc2cccnc2)CC1. The van der Waals surface area contributed by atoms with Crippen LogP contribution in [0.4, 0.5) is 0 Å². The van der Waals surface area contributed by atoms with Crippen LogP contribution in [0.2, 0.25) is 0 Å². The molecule has 1 aromatic carbocycles. The Morgan fingerprint density at radius 3 is 2.50 bits per heavy atom. The van der Waals surface area contributed by atoms with Crippen LogP contribution < -0.4 is 4.90 Å². The fourth-order valence-corrected chi connectivity index (χ4v) is 3.49. The molecular weight excluding hydrogens is 298 g/mol. The van der Waals surface area contributed by atoms with Crippen molar-refractivity contribution in [2.45, 2.75) is 25.9 Å². The van der Waals surface area contributed by atoms with Crippen LogP contribution in [0.5, 0.6) is 0 Å². The van der Waals surface area contributed by atoms with E-state index in [4.69, 9.17) is 0 Å². The van der Waals surface area contributed by atoms with E-state index in [0.717, 1.165) is 32.5 Å². The molecular formula is C20H26N3O+. The predicted octanol–water partition coefficient (Wildman–Crippen LogP) is 1.54. The maximum atomic E-state index is 12.7. The van der Waals surface area contributed by atoms with E-state index in [-0.39, 0.29) is 5.92 Å². The van der Waals surface area contributed by atoms with Gasteiger partial charge in [-0.1, -0.05) is 36.4 Å². The topological polar surface area (TPSA) is 37.6 Å². The summed E-state index contributed by atoms with van der Waals surface area (Å²) in [5, 5.41) is 0. The maximum Gasteiger partial charge on any atom is 0.226 e. The molecule has 3 rings (SSSR count). The standard InChI is InChI=1S/C20H25N3O/c1-22(15-17-6-3-2-4-7-17)20(24)19-9-12-23(13-10-19)16-18-8-5-11-21-14-18/h2-8,11,14,19H,9-10,12-13,15-16H2,1H3/p+1. The van der Waals surface area contributed by atoms with E-state index in [1.165, 1.54) is 11.1 Å². The van der Waals surface area contributed by atoms with Crippen LogP contribution in [0.1, 0.15) is 24.0 Å². The Hall–Kier alpha value is -2.20. The number of carbonyl (C=O) groups excluding carboxylic acids is 1. The van der Waals surface area contributed by atoms with Gasteiger partial charge in [-0.25, -0.2) is 0 Å². The summed E-state index contributed by atoms with van der Waals surface area (Å²) in [4.78, 5) is 20.3. The van der Waals surface area contributed by atoms with E-state index in [2.05, 4.69) is 23.2 Å². The Morgan fingerprint density at radius 1 is 1.12 bits per heavy atom. The van der Waals surface area contributed by atoms with Crippen LogP contribution in [0.3, 0.4) is 0 Å². The van der Waals surface area contributed by atoms with Gasteiger partial charge in [0.05, 0.1) is 13.1 Å². The highest BCUT2D eigenvalue weighted by molar-refractivity contribution is 5.78. The van der Waals surface area contributed by atoms with Crippen LogP contribution in [-0.4, -0.2) is 35.9 Å². The third-order valence-electron chi connectivity index (χ3n) is 4.86. The van der Waals surface area contributed by atoms with Gasteiger partial charge in [-0.2, -0.15) is 0 Å². The number of quaternary nitrogens is 1. The highest BCUT2D eigenvalue weighted by atomic mass is 16.2. The molecule has 1 aromatic heterocycles. The minimum absolute atomic E-state index is 0.177. The zero-order valence-corrected chi connectivity index (χ0v) is 14.3. The second kappa shape index (κ2) is 8.06. The van der Waals surface area contributed by atoms with Crippen molar-refractivity contribution in [2.75, 3.05) is 20.1 Å². The lowest BCUT2D eigenvalue weighted by Crippen LogP contribution is -3.11. The molecule has 24 heavy (non-hydrogen) atoms. The minimum atomic E-state index is 0.177. The van der Waals surface area contributed by atoms with Crippen molar-refractivity contribution < 1.29 is 9.69 Å². The first-order chi connectivity index (χ1) is 11.7. The second-order valence-electron chi connectivity index (χ2n) is 6.74. The molecule has 2 heterocycles. The summed E-state index contributed by atoms with van der Waals surface area (Å²) in [6.07, 6.45) is 5.71. The van der Waals surface area contributed by atoms with Crippen LogP contribution >= 0.6 is 0 Å². The molecule has 0 saturated carbocycles. The quantitative estimate of drug-likeness (QED) is 0.906. The number of aromatic nitrogens is 1. The Morgan fingerprint density at radius 2 is 1.83 bits per heavy atom. The molecule has 0 atom stereocenters. The third kappa shape index (κ3) is 4.42. The summed E-state index contributed by atoms with van der Waals surface area (Å²) >= 11 is 0. The van der Waals surface area contributed by atoms with Gasteiger partial charge in [-0.15, -0.1) is 0 Å². The van der Waals surface area contributed by atoms with Gasteiger partial charge in [0.25, 0.3) is 0 Å². The fraction of sp³-hybridized carbons (Fsp3) is 0.400. The van der Waals surface area contributed by atoms with Crippen LogP contribution in [0.15, 0.2) is 54.9 Å². The smallest absolute Gasteiger partial charge is 0.226 e. The number of likely N-dealkylation sites (tertiary alicyclic amines) is 1. The summed E-state index contributed by atoms with van der Waals surface area (Å²) in [5.41, 5.74) is 2.46. The Labute approximate surface area is 144 Å². The summed E-state index contributed by atoms with van der Waals surface area (Å²) in [6, 6.07) is 14.3. The lowest BCUT2D eigenvalue weighted by Gasteiger charge is -2.31. The predicted molar refractivity (Wildman–Crippen MR) is 94.3 cm³/mol. The number of amides is 1. The van der Waals surface area contributed by atoms with Gasteiger partial charge < -0.3 is 9.80 Å². The maximum absolute atomic E-state index is 12.7. The molecule has 0 radical (unpaired) electrons. The first kappa shape index (κ1) is 16.7. The van der Waals surface area contributed by atoms with E-state index in [0.29, 0.717) is 12.5 Å². The largest absolute Gasteiger partial charge is 0.341 e. The molecule has 1 aliphatic rings. The average Bonchev–Trinajstić information content (AvgIpc) is 2.63. The highest BCUT2D eigenvalue weighted by Crippen LogP contribution is 2.15. The first-order valence-electron chi connectivity index (χ1n) is 8.74. The molecule has 2 aromatic rings. The number of rotatable bonds is 5. The first-order valence-corrected chi connectivity index (χ1v) is 8.74. The van der Waals surface area contributed by atoms with E-state index in [1.54, 1.807) is 4.90 Å². The summed E-state index contributed by atoms with van der Waals surface area (Å²) < 4.78 is 0. The molecule has 126 valence electrons. The van der Waals surface area contributed by atoms with E-state index >= 15 is 0 Å². The van der Waals surface area contributed by atoms with Gasteiger partial charge in [0.2, 0.25) is 5.91 Å². The molecule has 1 aliphatic heterocycles. The number of nitrogens with one attached hydrogen (secondary N) is 1. The van der Waals surface area contributed by atoms with Crippen molar-refractivity contribution in [3.8, 4) is 0 Å². The zero-order chi connectivity index (χ0) is 16.8. The molecule has 4 nitrogen and oxygen atoms in total. The third-order valence-corrected chi connectivity index (χ3v) is 4.86.